The first-order chi connectivity index (χ1) is 19.2. The highest BCUT2D eigenvalue weighted by atomic mass is 35.5. The highest BCUT2D eigenvalue weighted by Gasteiger charge is 2.35. The van der Waals surface area contributed by atoms with E-state index in [0.29, 0.717) is 45.0 Å². The Kier molecular flexibility index (Phi) is 9.15. The monoisotopic (exact) mass is 576 g/mol. The molecular weight excluding hydrogens is 551 g/mol. The highest BCUT2D eigenvalue weighted by Crippen LogP contribution is 2.33. The molecule has 2 amide bonds. The van der Waals surface area contributed by atoms with Crippen molar-refractivity contribution in [1.82, 2.24) is 4.90 Å². The zero-order valence-corrected chi connectivity index (χ0v) is 23.7. The van der Waals surface area contributed by atoms with E-state index >= 15 is 0 Å². The maximum Gasteiger partial charge on any atom is 0.271 e. The molecule has 1 heterocycles. The summed E-state index contributed by atoms with van der Waals surface area (Å²) in [4.78, 5) is 27.6. The quantitative estimate of drug-likeness (QED) is 0.206. The predicted molar refractivity (Wildman–Crippen MR) is 153 cm³/mol. The van der Waals surface area contributed by atoms with Gasteiger partial charge in [-0.05, 0) is 73.0 Å². The Hall–Kier alpha value is -4.25. The molecule has 204 valence electrons. The summed E-state index contributed by atoms with van der Waals surface area (Å²) in [6.45, 7) is 4.05. The van der Waals surface area contributed by atoms with Crippen LogP contribution >= 0.6 is 23.2 Å². The largest absolute Gasteiger partial charge is 0.497 e. The summed E-state index contributed by atoms with van der Waals surface area (Å²) >= 11 is 12.3. The molecule has 0 bridgehead atoms. The number of hydrogen-bond donors (Lipinski definition) is 0. The summed E-state index contributed by atoms with van der Waals surface area (Å²) in [6, 6.07) is 19.4. The van der Waals surface area contributed by atoms with Crippen LogP contribution in [0.25, 0.3) is 6.08 Å². The molecule has 0 radical (unpaired) electrons. The van der Waals surface area contributed by atoms with Crippen molar-refractivity contribution < 1.29 is 23.8 Å². The van der Waals surface area contributed by atoms with Crippen LogP contribution in [-0.2, 0) is 22.7 Å². The van der Waals surface area contributed by atoms with Gasteiger partial charge >= 0.3 is 0 Å². The van der Waals surface area contributed by atoms with Crippen LogP contribution in [0.5, 0.6) is 17.2 Å². The minimum absolute atomic E-state index is 0.0156. The van der Waals surface area contributed by atoms with Crippen molar-refractivity contribution in [1.29, 1.82) is 5.26 Å². The van der Waals surface area contributed by atoms with Gasteiger partial charge in [-0.3, -0.25) is 14.5 Å². The lowest BCUT2D eigenvalue weighted by Crippen LogP contribution is -2.42. The molecule has 0 saturated carbocycles. The number of hydrogen-bond acceptors (Lipinski definition) is 6. The Bertz CT molecular complexity index is 1550. The predicted octanol–water partition coefficient (Wildman–Crippen LogP) is 6.77. The number of imide groups is 1. The SMILES string of the molecule is CCOc1cc(/C=C2/C(=O)N(Cc3ccc(OC)cc3)C(=O)C(C#N)=C2C)ccc1OCc1ccc(Cl)cc1Cl. The van der Waals surface area contributed by atoms with Crippen molar-refractivity contribution in [3.05, 3.63) is 104 Å². The lowest BCUT2D eigenvalue weighted by molar-refractivity contribution is -0.141. The molecule has 9 heteroatoms. The Balaban J connectivity index is 1.64. The van der Waals surface area contributed by atoms with Gasteiger partial charge in [-0.2, -0.15) is 5.26 Å². The number of nitriles is 1. The van der Waals surface area contributed by atoms with Crippen LogP contribution in [0, 0.1) is 11.3 Å². The van der Waals surface area contributed by atoms with E-state index in [9.17, 15) is 14.9 Å². The topological polar surface area (TPSA) is 88.9 Å². The third-order valence-corrected chi connectivity index (χ3v) is 6.89. The number of rotatable bonds is 9. The first kappa shape index (κ1) is 28.8. The van der Waals surface area contributed by atoms with Crippen LogP contribution in [0.3, 0.4) is 0 Å². The van der Waals surface area contributed by atoms with Crippen LogP contribution < -0.4 is 14.2 Å². The number of carbonyl (C=O) groups excluding carboxylic acids is 2. The standard InChI is InChI=1S/C31H26Cl2N2O5/c1-4-39-29-14-21(7-12-28(29)40-18-22-8-9-23(32)15-27(22)33)13-25-19(2)26(16-34)31(37)35(30(25)36)17-20-5-10-24(38-3)11-6-20/h5-15H,4,17-18H2,1-3H3/b25-13+. The second-order valence-electron chi connectivity index (χ2n) is 8.88. The van der Waals surface area contributed by atoms with Gasteiger partial charge in [0.2, 0.25) is 0 Å². The maximum atomic E-state index is 13.5. The van der Waals surface area contributed by atoms with Crippen molar-refractivity contribution in [2.24, 2.45) is 0 Å². The van der Waals surface area contributed by atoms with Crippen molar-refractivity contribution in [3.8, 4) is 23.3 Å². The average Bonchev–Trinajstić information content (AvgIpc) is 2.94. The summed E-state index contributed by atoms with van der Waals surface area (Å²) in [5.74, 6) is 0.498. The summed E-state index contributed by atoms with van der Waals surface area (Å²) in [6.07, 6.45) is 1.64. The number of benzene rings is 3. The fourth-order valence-electron chi connectivity index (χ4n) is 4.15. The van der Waals surface area contributed by atoms with E-state index in [1.54, 1.807) is 80.8 Å². The highest BCUT2D eigenvalue weighted by molar-refractivity contribution is 6.35. The summed E-state index contributed by atoms with van der Waals surface area (Å²) in [7, 11) is 1.56. The van der Waals surface area contributed by atoms with E-state index < -0.39 is 11.8 Å². The molecule has 0 unspecified atom stereocenters. The molecule has 0 atom stereocenters. The maximum absolute atomic E-state index is 13.5. The van der Waals surface area contributed by atoms with Gasteiger partial charge in [0.05, 0.1) is 20.3 Å². The molecular formula is C31H26Cl2N2O5. The third kappa shape index (κ3) is 6.31. The molecule has 0 saturated heterocycles. The van der Waals surface area contributed by atoms with Gasteiger partial charge in [0.1, 0.15) is 24.0 Å². The average molecular weight is 577 g/mol. The van der Waals surface area contributed by atoms with Gasteiger partial charge in [-0.1, -0.05) is 47.5 Å². The van der Waals surface area contributed by atoms with E-state index in [2.05, 4.69) is 0 Å². The Labute approximate surface area is 242 Å². The van der Waals surface area contributed by atoms with Gasteiger partial charge in [0.15, 0.2) is 11.5 Å². The van der Waals surface area contributed by atoms with Crippen LogP contribution in [0.15, 0.2) is 77.4 Å². The number of ether oxygens (including phenoxy) is 3. The molecule has 3 aromatic rings. The van der Waals surface area contributed by atoms with Gasteiger partial charge in [-0.25, -0.2) is 0 Å². The first-order valence-corrected chi connectivity index (χ1v) is 13.2. The second-order valence-corrected chi connectivity index (χ2v) is 9.72. The molecule has 4 rings (SSSR count). The fourth-order valence-corrected chi connectivity index (χ4v) is 4.61. The number of halogens is 2. The smallest absolute Gasteiger partial charge is 0.271 e. The van der Waals surface area contributed by atoms with Gasteiger partial charge in [-0.15, -0.1) is 0 Å². The normalized spacial score (nSPS) is 14.4. The molecule has 1 aliphatic rings. The number of amides is 2. The van der Waals surface area contributed by atoms with E-state index in [4.69, 9.17) is 37.4 Å². The molecule has 3 aromatic carbocycles. The molecule has 1 aliphatic heterocycles. The number of nitrogens with zero attached hydrogens (tertiary/aromatic N) is 2. The van der Waals surface area contributed by atoms with Crippen molar-refractivity contribution in [2.75, 3.05) is 13.7 Å². The molecule has 0 N–H and O–H groups in total. The van der Waals surface area contributed by atoms with E-state index in [1.807, 2.05) is 13.0 Å². The minimum atomic E-state index is -0.627. The lowest BCUT2D eigenvalue weighted by atomic mass is 9.93. The number of methoxy groups -OCH3 is 1. The Morgan fingerprint density at radius 2 is 1.70 bits per heavy atom. The Morgan fingerprint density at radius 1 is 0.950 bits per heavy atom. The van der Waals surface area contributed by atoms with Gasteiger partial charge < -0.3 is 14.2 Å². The minimum Gasteiger partial charge on any atom is -0.497 e. The lowest BCUT2D eigenvalue weighted by Gasteiger charge is -2.27. The zero-order valence-electron chi connectivity index (χ0n) is 22.2. The summed E-state index contributed by atoms with van der Waals surface area (Å²) in [5, 5.41) is 10.8. The van der Waals surface area contributed by atoms with Gasteiger partial charge in [0.25, 0.3) is 11.8 Å². The van der Waals surface area contributed by atoms with Crippen LogP contribution in [0.1, 0.15) is 30.5 Å². The second kappa shape index (κ2) is 12.7. The Morgan fingerprint density at radius 3 is 2.35 bits per heavy atom. The van der Waals surface area contributed by atoms with Crippen molar-refractivity contribution >= 4 is 41.1 Å². The summed E-state index contributed by atoms with van der Waals surface area (Å²) in [5.41, 5.74) is 2.61. The third-order valence-electron chi connectivity index (χ3n) is 6.30. The number of carbonyl (C=O) groups is 2. The van der Waals surface area contributed by atoms with Crippen LogP contribution in [0.2, 0.25) is 10.0 Å². The van der Waals surface area contributed by atoms with Gasteiger partial charge in [0, 0.05) is 21.2 Å². The van der Waals surface area contributed by atoms with Crippen LogP contribution in [0.4, 0.5) is 0 Å². The zero-order chi connectivity index (χ0) is 28.8. The van der Waals surface area contributed by atoms with Crippen molar-refractivity contribution in [2.45, 2.75) is 27.0 Å². The van der Waals surface area contributed by atoms with E-state index in [1.165, 1.54) is 0 Å². The summed E-state index contributed by atoms with van der Waals surface area (Å²) < 4.78 is 17.0. The van der Waals surface area contributed by atoms with E-state index in [-0.39, 0.29) is 24.3 Å². The molecule has 40 heavy (non-hydrogen) atoms. The fraction of sp³-hybridized carbons (Fsp3) is 0.194. The van der Waals surface area contributed by atoms with E-state index in [0.717, 1.165) is 16.0 Å². The first-order valence-electron chi connectivity index (χ1n) is 12.4. The van der Waals surface area contributed by atoms with Crippen molar-refractivity contribution in [3.63, 3.8) is 0 Å². The van der Waals surface area contributed by atoms with Crippen LogP contribution in [-0.4, -0.2) is 30.4 Å². The molecule has 0 aromatic heterocycles. The molecule has 7 nitrogen and oxygen atoms in total. The molecule has 0 aliphatic carbocycles. The molecule has 0 spiro atoms. The molecule has 0 fully saturated rings.